The lowest BCUT2D eigenvalue weighted by atomic mass is 11.0. The van der Waals surface area contributed by atoms with E-state index >= 15 is 0 Å². The first-order chi connectivity index (χ1) is 2.50. The topological polar surface area (TPSA) is 28.7 Å². The van der Waals surface area contributed by atoms with Crippen molar-refractivity contribution in [3.05, 3.63) is 18.7 Å². The Morgan fingerprint density at radius 1 is 1.50 bits per heavy atom. The molecule has 0 bridgehead atoms. The number of aromatic amines is 1. The normalized spacial score (nSPS) is 6.67. The van der Waals surface area contributed by atoms with Crippen molar-refractivity contribution in [3.63, 3.8) is 0 Å². The summed E-state index contributed by atoms with van der Waals surface area (Å²) < 4.78 is 0. The van der Waals surface area contributed by atoms with Crippen molar-refractivity contribution in [2.45, 2.75) is 0 Å². The molecule has 3 heteroatoms. The number of aromatic nitrogens is 2. The molecule has 1 aromatic rings. The van der Waals surface area contributed by atoms with Gasteiger partial charge in [-0.05, 0) is 11.0 Å². The first-order valence-corrected chi connectivity index (χ1v) is 1.43. The average molecular weight is 100 g/mol. The van der Waals surface area contributed by atoms with Gasteiger partial charge in [-0.25, -0.2) is 4.98 Å². The summed E-state index contributed by atoms with van der Waals surface area (Å²) in [5, 5.41) is 0. The van der Waals surface area contributed by atoms with E-state index < -0.39 is 0 Å². The molecule has 0 aliphatic carbocycles. The molecule has 1 aromatic heterocycles. The maximum Gasteiger partial charge on any atom is 0.0919 e. The summed E-state index contributed by atoms with van der Waals surface area (Å²) in [4.78, 5) is 6.42. The lowest BCUT2D eigenvalue weighted by molar-refractivity contribution is 1.31. The van der Waals surface area contributed by atoms with E-state index in [-0.39, 0.29) is 11.0 Å². The molecule has 1 rings (SSSR count). The first-order valence-electron chi connectivity index (χ1n) is 1.43. The number of H-pyrrole nitrogens is 1. The van der Waals surface area contributed by atoms with Gasteiger partial charge in [0.05, 0.1) is 6.33 Å². The maximum atomic E-state index is 3.67. The highest BCUT2D eigenvalue weighted by Crippen LogP contribution is 1.62. The molecule has 0 fully saturated rings. The van der Waals surface area contributed by atoms with Crippen LogP contribution in [0.3, 0.4) is 0 Å². The minimum absolute atomic E-state index is 0. The van der Waals surface area contributed by atoms with Crippen molar-refractivity contribution >= 4 is 11.0 Å². The van der Waals surface area contributed by atoms with Crippen LogP contribution in [0.15, 0.2) is 18.7 Å². The molecule has 0 atom stereocenters. The van der Waals surface area contributed by atoms with Crippen LogP contribution in [0.2, 0.25) is 0 Å². The van der Waals surface area contributed by atoms with Gasteiger partial charge in [-0.2, -0.15) is 0 Å². The van der Waals surface area contributed by atoms with E-state index in [9.17, 15) is 0 Å². The SMILES string of the molecule is [SiH4].c1c[nH]cn1. The molecule has 0 unspecified atom stereocenters. The summed E-state index contributed by atoms with van der Waals surface area (Å²) in [5.41, 5.74) is 0. The molecule has 0 aromatic carbocycles. The Morgan fingerprint density at radius 3 is 2.50 bits per heavy atom. The standard InChI is InChI=1S/C3H4N2.H4Si/c1-2-5-3-4-1;/h1-3H,(H,4,5);1H4. The molecule has 0 spiro atoms. The van der Waals surface area contributed by atoms with E-state index in [0.29, 0.717) is 0 Å². The molecule has 0 amide bonds. The van der Waals surface area contributed by atoms with Gasteiger partial charge in [0.1, 0.15) is 0 Å². The average Bonchev–Trinajstić information content (AvgIpc) is 1.76. The Bertz CT molecular complexity index is 65.3. The fourth-order valence-corrected chi connectivity index (χ4v) is 0.215. The number of imidazole rings is 1. The van der Waals surface area contributed by atoms with E-state index in [4.69, 9.17) is 0 Å². The van der Waals surface area contributed by atoms with Crippen molar-refractivity contribution in [2.24, 2.45) is 0 Å². The summed E-state index contributed by atoms with van der Waals surface area (Å²) in [6, 6.07) is 0. The molecular weight excluding hydrogens is 92.1 g/mol. The molecule has 0 saturated heterocycles. The van der Waals surface area contributed by atoms with E-state index in [1.165, 1.54) is 0 Å². The smallest absolute Gasteiger partial charge is 0.0919 e. The maximum absolute atomic E-state index is 3.67. The molecule has 0 saturated carbocycles. The third-order valence-electron chi connectivity index (χ3n) is 0.406. The fraction of sp³-hybridized carbons (Fsp3) is 0. The van der Waals surface area contributed by atoms with Gasteiger partial charge in [0, 0.05) is 12.4 Å². The molecule has 1 heterocycles. The predicted molar refractivity (Wildman–Crippen MR) is 29.9 cm³/mol. The van der Waals surface area contributed by atoms with Crippen LogP contribution in [0.1, 0.15) is 0 Å². The van der Waals surface area contributed by atoms with Crippen LogP contribution in [0, 0.1) is 0 Å². The van der Waals surface area contributed by atoms with Gasteiger partial charge >= 0.3 is 0 Å². The number of rotatable bonds is 0. The molecule has 1 N–H and O–H groups in total. The van der Waals surface area contributed by atoms with Gasteiger partial charge in [-0.15, -0.1) is 0 Å². The highest BCUT2D eigenvalue weighted by Gasteiger charge is 1.56. The van der Waals surface area contributed by atoms with Gasteiger partial charge in [0.15, 0.2) is 0 Å². The Hall–Kier alpha value is -0.573. The summed E-state index contributed by atoms with van der Waals surface area (Å²) >= 11 is 0. The summed E-state index contributed by atoms with van der Waals surface area (Å²) in [6.07, 6.45) is 5.08. The fourth-order valence-electron chi connectivity index (χ4n) is 0.215. The molecule has 0 aliphatic rings. The Balaban J connectivity index is 0.000000250. The first kappa shape index (κ1) is 5.43. The molecule has 2 nitrogen and oxygen atoms in total. The number of hydrogen-bond acceptors (Lipinski definition) is 1. The minimum atomic E-state index is 0. The van der Waals surface area contributed by atoms with Crippen LogP contribution in [0.5, 0.6) is 0 Å². The molecule has 6 heavy (non-hydrogen) atoms. The van der Waals surface area contributed by atoms with Crippen molar-refractivity contribution in [1.29, 1.82) is 0 Å². The number of hydrogen-bond donors (Lipinski definition) is 1. The third-order valence-corrected chi connectivity index (χ3v) is 0.406. The largest absolute Gasteiger partial charge is 0.351 e. The van der Waals surface area contributed by atoms with E-state index in [2.05, 4.69) is 9.97 Å². The Morgan fingerprint density at radius 2 is 2.33 bits per heavy atom. The van der Waals surface area contributed by atoms with Crippen LogP contribution in [-0.4, -0.2) is 20.9 Å². The predicted octanol–water partition coefficient (Wildman–Crippen LogP) is -1.04. The van der Waals surface area contributed by atoms with Gasteiger partial charge in [0.25, 0.3) is 0 Å². The third kappa shape index (κ3) is 1.03. The minimum Gasteiger partial charge on any atom is -0.351 e. The highest BCUT2D eigenvalue weighted by molar-refractivity contribution is 5.75. The monoisotopic (exact) mass is 100 g/mol. The van der Waals surface area contributed by atoms with E-state index in [1.807, 2.05) is 0 Å². The zero-order chi connectivity index (χ0) is 3.54. The Labute approximate surface area is 40.6 Å². The lowest BCUT2D eigenvalue weighted by Crippen LogP contribution is -1.44. The van der Waals surface area contributed by atoms with Gasteiger partial charge < -0.3 is 4.98 Å². The lowest BCUT2D eigenvalue weighted by Gasteiger charge is -1.46. The van der Waals surface area contributed by atoms with E-state index in [1.54, 1.807) is 18.7 Å². The van der Waals surface area contributed by atoms with Crippen LogP contribution < -0.4 is 0 Å². The summed E-state index contributed by atoms with van der Waals surface area (Å²) in [6.45, 7) is 0. The molecule has 0 aliphatic heterocycles. The van der Waals surface area contributed by atoms with Gasteiger partial charge in [0.2, 0.25) is 0 Å². The van der Waals surface area contributed by atoms with Crippen molar-refractivity contribution in [3.8, 4) is 0 Å². The number of nitrogens with zero attached hydrogens (tertiary/aromatic N) is 1. The molecule has 34 valence electrons. The number of nitrogens with one attached hydrogen (secondary N) is 1. The second-order valence-electron chi connectivity index (χ2n) is 0.761. The van der Waals surface area contributed by atoms with Crippen LogP contribution in [-0.2, 0) is 0 Å². The van der Waals surface area contributed by atoms with Gasteiger partial charge in [-0.1, -0.05) is 0 Å². The second-order valence-corrected chi connectivity index (χ2v) is 0.761. The Kier molecular flexibility index (Phi) is 2.40. The van der Waals surface area contributed by atoms with Crippen molar-refractivity contribution in [2.75, 3.05) is 0 Å². The summed E-state index contributed by atoms with van der Waals surface area (Å²) in [5.74, 6) is 0. The molecule has 0 radical (unpaired) electrons. The summed E-state index contributed by atoms with van der Waals surface area (Å²) in [7, 11) is 0. The van der Waals surface area contributed by atoms with Crippen LogP contribution in [0.25, 0.3) is 0 Å². The van der Waals surface area contributed by atoms with Crippen LogP contribution in [0.4, 0.5) is 0 Å². The van der Waals surface area contributed by atoms with Crippen molar-refractivity contribution < 1.29 is 0 Å². The molecular formula is C3H8N2Si. The van der Waals surface area contributed by atoms with E-state index in [0.717, 1.165) is 0 Å². The second kappa shape index (κ2) is 2.65. The highest BCUT2D eigenvalue weighted by atomic mass is 28.1. The van der Waals surface area contributed by atoms with Crippen molar-refractivity contribution in [1.82, 2.24) is 9.97 Å². The zero-order valence-electron chi connectivity index (χ0n) is 2.68. The van der Waals surface area contributed by atoms with Gasteiger partial charge in [-0.3, -0.25) is 0 Å². The zero-order valence-corrected chi connectivity index (χ0v) is 2.68. The van der Waals surface area contributed by atoms with Crippen LogP contribution >= 0.6 is 0 Å². The quantitative estimate of drug-likeness (QED) is 0.414.